The zero-order chi connectivity index (χ0) is 9.72. The molecule has 68 valence electrons. The highest BCUT2D eigenvalue weighted by Gasteiger charge is 2.11. The molecule has 0 saturated heterocycles. The van der Waals surface area contributed by atoms with Crippen molar-refractivity contribution in [1.82, 2.24) is 0 Å². The van der Waals surface area contributed by atoms with Crippen LogP contribution in [-0.2, 0) is 14.3 Å². The molecule has 12 heavy (non-hydrogen) atoms. The van der Waals surface area contributed by atoms with Crippen molar-refractivity contribution >= 4 is 11.9 Å². The average molecular weight is 172 g/mol. The lowest BCUT2D eigenvalue weighted by molar-refractivity contribution is -0.307. The second-order valence-electron chi connectivity index (χ2n) is 2.31. The first-order valence-electron chi connectivity index (χ1n) is 3.26. The Morgan fingerprint density at radius 3 is 2.50 bits per heavy atom. The largest absolute Gasteiger partial charge is 0.548 e. The predicted octanol–water partition coefficient (Wildman–Crippen LogP) is -1.47. The summed E-state index contributed by atoms with van der Waals surface area (Å²) in [5, 5.41) is 10.1. The maximum absolute atomic E-state index is 10.7. The molecule has 0 saturated carbocycles. The third-order valence-electron chi connectivity index (χ3n) is 0.977. The van der Waals surface area contributed by atoms with Crippen LogP contribution in [0.2, 0.25) is 0 Å². The van der Waals surface area contributed by atoms with E-state index in [1.165, 1.54) is 6.92 Å². The van der Waals surface area contributed by atoms with E-state index in [-0.39, 0.29) is 5.76 Å². The Labute approximate surface area is 69.8 Å². The third kappa shape index (κ3) is 4.45. The Kier molecular flexibility index (Phi) is 3.99. The molecule has 0 rings (SSSR count). The fourth-order valence-electron chi connectivity index (χ4n) is 0.499. The zero-order valence-electron chi connectivity index (χ0n) is 6.70. The Hall–Kier alpha value is -1.36. The summed E-state index contributed by atoms with van der Waals surface area (Å²) in [7, 11) is 0. The van der Waals surface area contributed by atoms with Crippen molar-refractivity contribution in [3.63, 3.8) is 0 Å². The first-order valence-corrected chi connectivity index (χ1v) is 3.26. The molecule has 0 aliphatic heterocycles. The lowest BCUT2D eigenvalue weighted by Crippen LogP contribution is -2.43. The highest BCUT2D eigenvalue weighted by atomic mass is 16.5. The average Bonchev–Trinajstić information content (AvgIpc) is 1.84. The fourth-order valence-corrected chi connectivity index (χ4v) is 0.499. The van der Waals surface area contributed by atoms with E-state index in [1.54, 1.807) is 0 Å². The number of carboxylic acids is 1. The highest BCUT2D eigenvalue weighted by molar-refractivity contribution is 5.80. The molecule has 5 heteroatoms. The molecule has 5 nitrogen and oxygen atoms in total. The molecule has 0 spiro atoms. The minimum Gasteiger partial charge on any atom is -0.548 e. The number of rotatable bonds is 4. The number of carboxylic acid groups (broad SMARTS) is 1. The molecule has 0 fully saturated rings. The summed E-state index contributed by atoms with van der Waals surface area (Å²) in [6.07, 6.45) is -0.408. The van der Waals surface area contributed by atoms with E-state index in [9.17, 15) is 14.7 Å². The number of allylic oxidation sites excluding steroid dienone is 1. The normalized spacial score (nSPS) is 11.8. The Morgan fingerprint density at radius 2 is 2.17 bits per heavy atom. The number of ether oxygens (including phenoxy) is 1. The second kappa shape index (κ2) is 4.50. The van der Waals surface area contributed by atoms with Gasteiger partial charge in [-0.15, -0.1) is 0 Å². The van der Waals surface area contributed by atoms with Crippen molar-refractivity contribution in [3.05, 3.63) is 12.3 Å². The van der Waals surface area contributed by atoms with E-state index in [0.717, 1.165) is 0 Å². The third-order valence-corrected chi connectivity index (χ3v) is 0.977. The van der Waals surface area contributed by atoms with Crippen LogP contribution in [0.25, 0.3) is 0 Å². The summed E-state index contributed by atoms with van der Waals surface area (Å²) in [5.74, 6) is -2.00. The molecule has 0 bridgehead atoms. The van der Waals surface area contributed by atoms with Gasteiger partial charge in [-0.25, -0.2) is 0 Å². The van der Waals surface area contributed by atoms with Gasteiger partial charge < -0.3 is 20.4 Å². The van der Waals surface area contributed by atoms with E-state index in [1.807, 2.05) is 0 Å². The molecule has 0 aliphatic carbocycles. The number of aliphatic carboxylic acids is 1. The van der Waals surface area contributed by atoms with Gasteiger partial charge in [-0.3, -0.25) is 4.79 Å². The van der Waals surface area contributed by atoms with Crippen LogP contribution in [0.5, 0.6) is 0 Å². The maximum Gasteiger partial charge on any atom is 0.312 e. The van der Waals surface area contributed by atoms with Gasteiger partial charge in [0.1, 0.15) is 0 Å². The summed E-state index contributed by atoms with van der Waals surface area (Å²) in [6.45, 7) is 4.77. The van der Waals surface area contributed by atoms with Gasteiger partial charge in [0.15, 0.2) is 0 Å². The van der Waals surface area contributed by atoms with Gasteiger partial charge in [-0.1, -0.05) is 6.58 Å². The van der Waals surface area contributed by atoms with E-state index in [2.05, 4.69) is 11.3 Å². The molecule has 0 radical (unpaired) electrons. The lowest BCUT2D eigenvalue weighted by Gasteiger charge is -2.10. The van der Waals surface area contributed by atoms with E-state index in [4.69, 9.17) is 5.73 Å². The maximum atomic E-state index is 10.7. The molecule has 0 aromatic rings. The Balaban J connectivity index is 3.85. The first-order chi connectivity index (χ1) is 5.43. The number of nitrogens with two attached hydrogens (primary N) is 1. The van der Waals surface area contributed by atoms with Crippen molar-refractivity contribution in [3.8, 4) is 0 Å². The first kappa shape index (κ1) is 10.6. The molecule has 0 amide bonds. The predicted molar refractivity (Wildman–Crippen MR) is 38.5 cm³/mol. The SMILES string of the molecule is C=C(C)OC(=O)CC(N)C(=O)[O-]. The van der Waals surface area contributed by atoms with E-state index in [0.29, 0.717) is 0 Å². The van der Waals surface area contributed by atoms with Crippen molar-refractivity contribution in [2.75, 3.05) is 0 Å². The summed E-state index contributed by atoms with van der Waals surface area (Å²) in [4.78, 5) is 20.8. The van der Waals surface area contributed by atoms with Crippen LogP contribution in [0.4, 0.5) is 0 Å². The zero-order valence-corrected chi connectivity index (χ0v) is 6.70. The fraction of sp³-hybridized carbons (Fsp3) is 0.429. The Morgan fingerprint density at radius 1 is 1.67 bits per heavy atom. The van der Waals surface area contributed by atoms with Crippen molar-refractivity contribution < 1.29 is 19.4 Å². The molecular weight excluding hydrogens is 162 g/mol. The van der Waals surface area contributed by atoms with Gasteiger partial charge in [0.05, 0.1) is 24.2 Å². The van der Waals surface area contributed by atoms with Crippen molar-refractivity contribution in [2.45, 2.75) is 19.4 Å². The Bertz CT molecular complexity index is 211. The molecule has 0 aromatic heterocycles. The standard InChI is InChI=1S/C7H11NO4/c1-4(2)12-6(9)3-5(8)7(10)11/h5H,1,3,8H2,2H3,(H,10,11)/p-1. The molecular formula is C7H10NO4-. The van der Waals surface area contributed by atoms with Gasteiger partial charge >= 0.3 is 5.97 Å². The second-order valence-corrected chi connectivity index (χ2v) is 2.31. The highest BCUT2D eigenvalue weighted by Crippen LogP contribution is 1.96. The monoisotopic (exact) mass is 172 g/mol. The number of carbonyl (C=O) groups is 2. The molecule has 0 aliphatic rings. The van der Waals surface area contributed by atoms with Crippen LogP contribution in [0.3, 0.4) is 0 Å². The van der Waals surface area contributed by atoms with E-state index >= 15 is 0 Å². The number of hydrogen-bond donors (Lipinski definition) is 1. The van der Waals surface area contributed by atoms with Gasteiger partial charge in [0.2, 0.25) is 0 Å². The summed E-state index contributed by atoms with van der Waals surface area (Å²) in [5.41, 5.74) is 5.00. The number of carbonyl (C=O) groups excluding carboxylic acids is 2. The quantitative estimate of drug-likeness (QED) is 0.413. The van der Waals surface area contributed by atoms with Gasteiger partial charge in [0, 0.05) is 0 Å². The summed E-state index contributed by atoms with van der Waals surface area (Å²) >= 11 is 0. The van der Waals surface area contributed by atoms with Crippen LogP contribution >= 0.6 is 0 Å². The topological polar surface area (TPSA) is 92.5 Å². The lowest BCUT2D eigenvalue weighted by atomic mass is 10.2. The molecule has 2 N–H and O–H groups in total. The van der Waals surface area contributed by atoms with Crippen LogP contribution in [0, 0.1) is 0 Å². The van der Waals surface area contributed by atoms with Crippen LogP contribution < -0.4 is 10.8 Å². The molecule has 1 atom stereocenters. The number of hydrogen-bond acceptors (Lipinski definition) is 5. The van der Waals surface area contributed by atoms with Crippen LogP contribution in [-0.4, -0.2) is 18.0 Å². The molecule has 1 unspecified atom stereocenters. The minimum atomic E-state index is -1.48. The molecule has 0 aromatic carbocycles. The van der Waals surface area contributed by atoms with Crippen LogP contribution in [0.1, 0.15) is 13.3 Å². The van der Waals surface area contributed by atoms with Crippen LogP contribution in [0.15, 0.2) is 12.3 Å². The summed E-state index contributed by atoms with van der Waals surface area (Å²) < 4.78 is 4.47. The number of esters is 1. The van der Waals surface area contributed by atoms with Crippen molar-refractivity contribution in [2.24, 2.45) is 5.73 Å². The molecule has 0 heterocycles. The van der Waals surface area contributed by atoms with Gasteiger partial charge in [-0.2, -0.15) is 0 Å². The summed E-state index contributed by atoms with van der Waals surface area (Å²) in [6, 6.07) is -1.32. The van der Waals surface area contributed by atoms with Gasteiger partial charge in [-0.05, 0) is 6.92 Å². The minimum absolute atomic E-state index is 0.200. The van der Waals surface area contributed by atoms with Crippen molar-refractivity contribution in [1.29, 1.82) is 0 Å². The smallest absolute Gasteiger partial charge is 0.312 e. The van der Waals surface area contributed by atoms with E-state index < -0.39 is 24.4 Å². The van der Waals surface area contributed by atoms with Gasteiger partial charge in [0.25, 0.3) is 0 Å².